The number of aliphatic hydroxyl groups is 5. The molecule has 9 heteroatoms. The SMILES string of the molecule is CN(C)c1ccc(/C=N\NC(=O)[C@H](O)[C@H](O)[C@H](O)[C@H](O)CO)cc1. The van der Waals surface area contributed by atoms with Gasteiger partial charge in [-0.1, -0.05) is 12.1 Å². The van der Waals surface area contributed by atoms with Gasteiger partial charge >= 0.3 is 0 Å². The highest BCUT2D eigenvalue weighted by Crippen LogP contribution is 2.11. The zero-order valence-electron chi connectivity index (χ0n) is 13.4. The molecule has 1 aromatic rings. The lowest BCUT2D eigenvalue weighted by Crippen LogP contribution is -2.50. The highest BCUT2D eigenvalue weighted by molar-refractivity contribution is 5.84. The van der Waals surface area contributed by atoms with Crippen LogP contribution in [0.15, 0.2) is 29.4 Å². The van der Waals surface area contributed by atoms with Crippen LogP contribution in [0.2, 0.25) is 0 Å². The van der Waals surface area contributed by atoms with Crippen molar-refractivity contribution in [2.75, 3.05) is 25.6 Å². The predicted octanol–water partition coefficient (Wildman–Crippen LogP) is -2.36. The Morgan fingerprint density at radius 2 is 1.75 bits per heavy atom. The number of carbonyl (C=O) groups excluding carboxylic acids is 1. The fourth-order valence-electron chi connectivity index (χ4n) is 1.77. The van der Waals surface area contributed by atoms with Crippen molar-refractivity contribution in [1.82, 2.24) is 5.43 Å². The van der Waals surface area contributed by atoms with E-state index in [4.69, 9.17) is 5.11 Å². The minimum Gasteiger partial charge on any atom is -0.394 e. The topological polar surface area (TPSA) is 146 Å². The van der Waals surface area contributed by atoms with E-state index in [1.54, 1.807) is 12.1 Å². The predicted molar refractivity (Wildman–Crippen MR) is 87.6 cm³/mol. The van der Waals surface area contributed by atoms with Crippen LogP contribution in [0.4, 0.5) is 5.69 Å². The first-order valence-electron chi connectivity index (χ1n) is 7.21. The monoisotopic (exact) mass is 341 g/mol. The van der Waals surface area contributed by atoms with Crippen LogP contribution in [0.5, 0.6) is 0 Å². The van der Waals surface area contributed by atoms with Crippen LogP contribution < -0.4 is 10.3 Å². The first kappa shape index (κ1) is 20.0. The number of hydrogen-bond donors (Lipinski definition) is 6. The molecule has 0 aromatic heterocycles. The first-order chi connectivity index (χ1) is 11.3. The van der Waals surface area contributed by atoms with Crippen molar-refractivity contribution in [2.24, 2.45) is 5.10 Å². The number of amides is 1. The van der Waals surface area contributed by atoms with Crippen molar-refractivity contribution in [1.29, 1.82) is 0 Å². The Bertz CT molecular complexity index is 549. The van der Waals surface area contributed by atoms with Gasteiger partial charge in [-0.15, -0.1) is 0 Å². The number of carbonyl (C=O) groups is 1. The molecule has 6 N–H and O–H groups in total. The van der Waals surface area contributed by atoms with Gasteiger partial charge in [-0.25, -0.2) is 5.43 Å². The van der Waals surface area contributed by atoms with E-state index in [0.29, 0.717) is 5.56 Å². The summed E-state index contributed by atoms with van der Waals surface area (Å²) >= 11 is 0. The highest BCUT2D eigenvalue weighted by Gasteiger charge is 2.34. The summed E-state index contributed by atoms with van der Waals surface area (Å²) in [5.41, 5.74) is 3.71. The van der Waals surface area contributed by atoms with E-state index in [-0.39, 0.29) is 0 Å². The van der Waals surface area contributed by atoms with Crippen molar-refractivity contribution in [3.05, 3.63) is 29.8 Å². The van der Waals surface area contributed by atoms with Gasteiger partial charge in [-0.3, -0.25) is 4.79 Å². The Labute approximate surface area is 139 Å². The number of nitrogens with zero attached hydrogens (tertiary/aromatic N) is 2. The van der Waals surface area contributed by atoms with Gasteiger partial charge in [0.05, 0.1) is 12.8 Å². The van der Waals surface area contributed by atoms with Gasteiger partial charge in [0.15, 0.2) is 6.10 Å². The second-order valence-corrected chi connectivity index (χ2v) is 5.40. The van der Waals surface area contributed by atoms with E-state index in [0.717, 1.165) is 5.69 Å². The van der Waals surface area contributed by atoms with E-state index in [1.165, 1.54) is 6.21 Å². The van der Waals surface area contributed by atoms with Crippen LogP contribution in [-0.4, -0.2) is 82.8 Å². The molecule has 0 fully saturated rings. The molecular formula is C15H23N3O6. The summed E-state index contributed by atoms with van der Waals surface area (Å²) in [4.78, 5) is 13.6. The summed E-state index contributed by atoms with van der Waals surface area (Å²) in [5.74, 6) is -1.06. The highest BCUT2D eigenvalue weighted by atomic mass is 16.4. The smallest absolute Gasteiger partial charge is 0.271 e. The zero-order chi connectivity index (χ0) is 18.3. The van der Waals surface area contributed by atoms with Gasteiger partial charge < -0.3 is 30.4 Å². The molecule has 0 saturated heterocycles. The summed E-state index contributed by atoms with van der Waals surface area (Å²) in [6.07, 6.45) is -6.20. The summed E-state index contributed by atoms with van der Waals surface area (Å²) in [6.45, 7) is -0.826. The molecule has 24 heavy (non-hydrogen) atoms. The van der Waals surface area contributed by atoms with Gasteiger partial charge in [0.25, 0.3) is 5.91 Å². The Balaban J connectivity index is 2.58. The molecule has 0 aliphatic rings. The van der Waals surface area contributed by atoms with Gasteiger partial charge in [0.2, 0.25) is 0 Å². The molecule has 0 aliphatic heterocycles. The Morgan fingerprint density at radius 1 is 1.17 bits per heavy atom. The van der Waals surface area contributed by atoms with E-state index < -0.39 is 36.9 Å². The molecule has 4 atom stereocenters. The van der Waals surface area contributed by atoms with Gasteiger partial charge in [0, 0.05) is 19.8 Å². The number of aliphatic hydroxyl groups excluding tert-OH is 5. The number of nitrogens with one attached hydrogen (secondary N) is 1. The fraction of sp³-hybridized carbons (Fsp3) is 0.467. The number of anilines is 1. The lowest BCUT2D eigenvalue weighted by molar-refractivity contribution is -0.148. The summed E-state index contributed by atoms with van der Waals surface area (Å²) in [7, 11) is 3.80. The number of benzene rings is 1. The van der Waals surface area contributed by atoms with Crippen molar-refractivity contribution >= 4 is 17.8 Å². The third-order valence-electron chi connectivity index (χ3n) is 3.32. The molecule has 134 valence electrons. The average molecular weight is 341 g/mol. The molecule has 0 saturated carbocycles. The second kappa shape index (κ2) is 9.30. The maximum Gasteiger partial charge on any atom is 0.271 e. The molecule has 0 bridgehead atoms. The molecule has 0 heterocycles. The Kier molecular flexibility index (Phi) is 7.75. The third-order valence-corrected chi connectivity index (χ3v) is 3.32. The standard InChI is InChI=1S/C15H23N3O6/c1-18(2)10-5-3-9(4-6-10)7-16-17-15(24)14(23)13(22)12(21)11(20)8-19/h3-7,11-14,19-23H,8H2,1-2H3,(H,17,24)/b16-7-/t11-,12-,13-,14-/m1/s1. The molecule has 0 radical (unpaired) electrons. The van der Waals surface area contributed by atoms with Crippen LogP contribution in [0.25, 0.3) is 0 Å². The molecule has 0 spiro atoms. The van der Waals surface area contributed by atoms with Crippen molar-refractivity contribution in [3.63, 3.8) is 0 Å². The van der Waals surface area contributed by atoms with Crippen molar-refractivity contribution < 1.29 is 30.3 Å². The summed E-state index contributed by atoms with van der Waals surface area (Å²) in [5, 5.41) is 50.1. The summed E-state index contributed by atoms with van der Waals surface area (Å²) in [6, 6.07) is 7.26. The first-order valence-corrected chi connectivity index (χ1v) is 7.21. The van der Waals surface area contributed by atoms with E-state index in [9.17, 15) is 25.2 Å². The van der Waals surface area contributed by atoms with Gasteiger partial charge in [-0.05, 0) is 17.7 Å². The minimum absolute atomic E-state index is 0.701. The third kappa shape index (κ3) is 5.55. The molecule has 1 rings (SSSR count). The Morgan fingerprint density at radius 3 is 2.25 bits per heavy atom. The van der Waals surface area contributed by atoms with Gasteiger partial charge in [0.1, 0.15) is 18.3 Å². The maximum atomic E-state index is 11.6. The second-order valence-electron chi connectivity index (χ2n) is 5.40. The molecular weight excluding hydrogens is 318 g/mol. The molecule has 0 unspecified atom stereocenters. The van der Waals surface area contributed by atoms with Crippen LogP contribution in [0.1, 0.15) is 5.56 Å². The number of rotatable bonds is 8. The van der Waals surface area contributed by atoms with Crippen LogP contribution >= 0.6 is 0 Å². The number of hydrogen-bond acceptors (Lipinski definition) is 8. The largest absolute Gasteiger partial charge is 0.394 e. The maximum absolute atomic E-state index is 11.6. The molecule has 9 nitrogen and oxygen atoms in total. The average Bonchev–Trinajstić information content (AvgIpc) is 2.59. The summed E-state index contributed by atoms with van der Waals surface area (Å²) < 4.78 is 0. The van der Waals surface area contributed by atoms with E-state index in [2.05, 4.69) is 5.10 Å². The van der Waals surface area contributed by atoms with Crippen molar-refractivity contribution in [3.8, 4) is 0 Å². The van der Waals surface area contributed by atoms with E-state index in [1.807, 2.05) is 36.6 Å². The van der Waals surface area contributed by atoms with Crippen molar-refractivity contribution in [2.45, 2.75) is 24.4 Å². The molecule has 1 amide bonds. The van der Waals surface area contributed by atoms with Crippen LogP contribution in [-0.2, 0) is 4.79 Å². The Hall–Kier alpha value is -2.04. The lowest BCUT2D eigenvalue weighted by atomic mass is 10.0. The number of hydrazone groups is 1. The molecule has 0 aliphatic carbocycles. The quantitative estimate of drug-likeness (QED) is 0.229. The minimum atomic E-state index is -2.02. The fourth-order valence-corrected chi connectivity index (χ4v) is 1.77. The zero-order valence-corrected chi connectivity index (χ0v) is 13.4. The normalized spacial score (nSPS) is 16.5. The molecule has 1 aromatic carbocycles. The van der Waals surface area contributed by atoms with Crippen LogP contribution in [0, 0.1) is 0 Å². The van der Waals surface area contributed by atoms with E-state index >= 15 is 0 Å². The van der Waals surface area contributed by atoms with Crippen LogP contribution in [0.3, 0.4) is 0 Å². The lowest BCUT2D eigenvalue weighted by Gasteiger charge is -2.24. The van der Waals surface area contributed by atoms with Gasteiger partial charge in [-0.2, -0.15) is 5.10 Å².